The van der Waals surface area contributed by atoms with Crippen LogP contribution >= 0.6 is 12.2 Å². The topological polar surface area (TPSA) is 34.1 Å². The molecule has 3 aromatic rings. The summed E-state index contributed by atoms with van der Waals surface area (Å²) in [5.74, 6) is 0.657. The van der Waals surface area contributed by atoms with E-state index in [1.165, 1.54) is 0 Å². The molecule has 3 nitrogen and oxygen atoms in total. The van der Waals surface area contributed by atoms with E-state index in [-0.39, 0.29) is 0 Å². The molecule has 1 aromatic heterocycles. The van der Waals surface area contributed by atoms with Gasteiger partial charge in [-0.15, -0.1) is 0 Å². The Kier molecular flexibility index (Phi) is 3.79. The van der Waals surface area contributed by atoms with Crippen molar-refractivity contribution in [1.29, 1.82) is 0 Å². The Morgan fingerprint density at radius 1 is 1.00 bits per heavy atom. The van der Waals surface area contributed by atoms with Gasteiger partial charge in [0.2, 0.25) is 0 Å². The first kappa shape index (κ1) is 13.5. The van der Waals surface area contributed by atoms with Gasteiger partial charge < -0.3 is 10.1 Å². The Morgan fingerprint density at radius 2 is 1.81 bits per heavy atom. The summed E-state index contributed by atoms with van der Waals surface area (Å²) >= 11 is 5.25. The number of hydrogen-bond acceptors (Lipinski definition) is 3. The third-order valence-electron chi connectivity index (χ3n) is 3.05. The minimum absolute atomic E-state index is 0.303. The highest BCUT2D eigenvalue weighted by molar-refractivity contribution is 7.80. The fourth-order valence-electron chi connectivity index (χ4n) is 2.06. The Balaban J connectivity index is 1.84. The number of para-hydroxylation sites is 2. The molecule has 0 bridgehead atoms. The lowest BCUT2D eigenvalue weighted by Crippen LogP contribution is -2.16. The number of nitrogens with zero attached hydrogens (tertiary/aromatic N) is 1. The molecule has 0 atom stereocenters. The fourth-order valence-corrected chi connectivity index (χ4v) is 2.27. The molecule has 1 heterocycles. The first-order valence-corrected chi connectivity index (χ1v) is 7.03. The summed E-state index contributed by atoms with van der Waals surface area (Å²) in [6.07, 6.45) is 0. The van der Waals surface area contributed by atoms with E-state index in [2.05, 4.69) is 10.3 Å². The molecule has 1 N–H and O–H groups in total. The van der Waals surface area contributed by atoms with Crippen molar-refractivity contribution in [3.63, 3.8) is 0 Å². The number of anilines is 1. The molecule has 0 unspecified atom stereocenters. The maximum atomic E-state index is 5.74. The summed E-state index contributed by atoms with van der Waals surface area (Å²) in [7, 11) is 0. The monoisotopic (exact) mass is 294 g/mol. The molecule has 0 spiro atoms. The van der Waals surface area contributed by atoms with Gasteiger partial charge in [0.15, 0.2) is 5.75 Å². The van der Waals surface area contributed by atoms with E-state index >= 15 is 0 Å². The summed E-state index contributed by atoms with van der Waals surface area (Å²) < 4.78 is 5.74. The van der Waals surface area contributed by atoms with Crippen LogP contribution in [-0.4, -0.2) is 10.2 Å². The molecular formula is C17H14N2OS. The van der Waals surface area contributed by atoms with Crippen molar-refractivity contribution in [2.75, 3.05) is 5.32 Å². The van der Waals surface area contributed by atoms with E-state index in [4.69, 9.17) is 17.0 Å². The fraction of sp³-hybridized carbons (Fsp3) is 0.0588. The molecule has 0 saturated carbocycles. The molecule has 4 heteroatoms. The van der Waals surface area contributed by atoms with Gasteiger partial charge in [-0.2, -0.15) is 0 Å². The van der Waals surface area contributed by atoms with Crippen LogP contribution in [0.3, 0.4) is 0 Å². The van der Waals surface area contributed by atoms with Crippen LogP contribution in [0.2, 0.25) is 0 Å². The standard InChI is InChI=1S/C17H14N2OS/c1-12-10-11-13-6-5-9-15(16(13)18-12)20-17(21)19-14-7-3-2-4-8-14/h2-11H,1H3,(H,19,21). The number of benzene rings is 2. The maximum absolute atomic E-state index is 5.74. The molecule has 0 aliphatic rings. The Hall–Kier alpha value is -2.46. The Labute approximate surface area is 128 Å². The van der Waals surface area contributed by atoms with Crippen molar-refractivity contribution in [1.82, 2.24) is 4.98 Å². The van der Waals surface area contributed by atoms with E-state index in [1.54, 1.807) is 0 Å². The van der Waals surface area contributed by atoms with Crippen LogP contribution in [0.25, 0.3) is 10.9 Å². The minimum Gasteiger partial charge on any atom is -0.429 e. The molecule has 2 aromatic carbocycles. The van der Waals surface area contributed by atoms with Gasteiger partial charge in [-0.05, 0) is 43.4 Å². The molecule has 104 valence electrons. The number of ether oxygens (including phenoxy) is 1. The number of fused-ring (bicyclic) bond motifs is 1. The van der Waals surface area contributed by atoms with E-state index in [0.29, 0.717) is 10.9 Å². The number of pyridine rings is 1. The van der Waals surface area contributed by atoms with Crippen LogP contribution in [0, 0.1) is 6.92 Å². The van der Waals surface area contributed by atoms with Crippen LogP contribution in [-0.2, 0) is 0 Å². The quantitative estimate of drug-likeness (QED) is 0.714. The van der Waals surface area contributed by atoms with Crippen LogP contribution in [0.15, 0.2) is 60.7 Å². The number of hydrogen-bond donors (Lipinski definition) is 1. The SMILES string of the molecule is Cc1ccc2cccc(OC(=S)Nc3ccccc3)c2n1. The van der Waals surface area contributed by atoms with Gasteiger partial charge in [0, 0.05) is 16.8 Å². The molecule has 0 saturated heterocycles. The maximum Gasteiger partial charge on any atom is 0.266 e. The van der Waals surface area contributed by atoms with Crippen molar-refractivity contribution in [2.24, 2.45) is 0 Å². The first-order chi connectivity index (χ1) is 10.2. The lowest BCUT2D eigenvalue weighted by Gasteiger charge is -2.11. The largest absolute Gasteiger partial charge is 0.429 e. The van der Waals surface area contributed by atoms with E-state index in [1.807, 2.05) is 67.6 Å². The van der Waals surface area contributed by atoms with Crippen molar-refractivity contribution < 1.29 is 4.74 Å². The van der Waals surface area contributed by atoms with Gasteiger partial charge in [0.25, 0.3) is 5.17 Å². The zero-order valence-electron chi connectivity index (χ0n) is 11.5. The zero-order valence-corrected chi connectivity index (χ0v) is 12.4. The first-order valence-electron chi connectivity index (χ1n) is 6.62. The van der Waals surface area contributed by atoms with Gasteiger partial charge in [-0.3, -0.25) is 0 Å². The van der Waals surface area contributed by atoms with Crippen molar-refractivity contribution in [3.05, 3.63) is 66.4 Å². The second-order valence-corrected chi connectivity index (χ2v) is 5.03. The average Bonchev–Trinajstić information content (AvgIpc) is 2.49. The van der Waals surface area contributed by atoms with Crippen LogP contribution < -0.4 is 10.1 Å². The predicted octanol–water partition coefficient (Wildman–Crippen LogP) is 4.32. The molecule has 3 rings (SSSR count). The number of aromatic nitrogens is 1. The summed E-state index contributed by atoms with van der Waals surface area (Å²) in [6.45, 7) is 1.96. The van der Waals surface area contributed by atoms with Crippen molar-refractivity contribution >= 4 is 34.0 Å². The molecule has 0 radical (unpaired) electrons. The van der Waals surface area contributed by atoms with Crippen LogP contribution in [0.1, 0.15) is 5.69 Å². The van der Waals surface area contributed by atoms with E-state index in [9.17, 15) is 0 Å². The normalized spacial score (nSPS) is 10.3. The van der Waals surface area contributed by atoms with Crippen LogP contribution in [0.4, 0.5) is 5.69 Å². The van der Waals surface area contributed by atoms with Gasteiger partial charge in [-0.25, -0.2) is 4.98 Å². The number of aryl methyl sites for hydroxylation is 1. The third kappa shape index (κ3) is 3.17. The number of nitrogens with one attached hydrogen (secondary N) is 1. The summed E-state index contributed by atoms with van der Waals surface area (Å²) in [5.41, 5.74) is 2.65. The molecule has 21 heavy (non-hydrogen) atoms. The van der Waals surface area contributed by atoms with Gasteiger partial charge >= 0.3 is 0 Å². The predicted molar refractivity (Wildman–Crippen MR) is 89.8 cm³/mol. The summed E-state index contributed by atoms with van der Waals surface area (Å²) in [4.78, 5) is 4.52. The Bertz CT molecular complexity index is 787. The Morgan fingerprint density at radius 3 is 2.62 bits per heavy atom. The molecular weight excluding hydrogens is 280 g/mol. The lowest BCUT2D eigenvalue weighted by molar-refractivity contribution is 0.568. The molecule has 0 amide bonds. The van der Waals surface area contributed by atoms with Gasteiger partial charge in [0.1, 0.15) is 5.52 Å². The summed E-state index contributed by atoms with van der Waals surface area (Å²) in [6, 6.07) is 19.5. The molecule has 0 fully saturated rings. The highest BCUT2D eigenvalue weighted by Gasteiger charge is 2.07. The minimum atomic E-state index is 0.303. The molecule has 0 aliphatic heterocycles. The van der Waals surface area contributed by atoms with Crippen LogP contribution in [0.5, 0.6) is 5.75 Å². The lowest BCUT2D eigenvalue weighted by atomic mass is 10.2. The highest BCUT2D eigenvalue weighted by atomic mass is 32.1. The number of thiocarbonyl (C=S) groups is 1. The summed E-state index contributed by atoms with van der Waals surface area (Å²) in [5, 5.41) is 4.38. The van der Waals surface area contributed by atoms with Crippen molar-refractivity contribution in [2.45, 2.75) is 6.92 Å². The van der Waals surface area contributed by atoms with Crippen molar-refractivity contribution in [3.8, 4) is 5.75 Å². The average molecular weight is 294 g/mol. The second kappa shape index (κ2) is 5.89. The highest BCUT2D eigenvalue weighted by Crippen LogP contribution is 2.24. The van der Waals surface area contributed by atoms with Gasteiger partial charge in [0.05, 0.1) is 0 Å². The smallest absolute Gasteiger partial charge is 0.266 e. The zero-order chi connectivity index (χ0) is 14.7. The van der Waals surface area contributed by atoms with E-state index in [0.717, 1.165) is 22.3 Å². The van der Waals surface area contributed by atoms with E-state index < -0.39 is 0 Å². The number of rotatable bonds is 2. The molecule has 0 aliphatic carbocycles. The third-order valence-corrected chi connectivity index (χ3v) is 3.23. The van der Waals surface area contributed by atoms with Gasteiger partial charge in [-0.1, -0.05) is 36.4 Å². The second-order valence-electron chi connectivity index (χ2n) is 4.66.